The number of para-hydroxylation sites is 1. The first-order chi connectivity index (χ1) is 12.6. The molecule has 0 unspecified atom stereocenters. The maximum Gasteiger partial charge on any atom is 0.276 e. The number of aromatic nitrogens is 2. The maximum atomic E-state index is 13.0. The molecule has 26 heavy (non-hydrogen) atoms. The zero-order chi connectivity index (χ0) is 18.1. The molecular weight excluding hydrogens is 390 g/mol. The summed E-state index contributed by atoms with van der Waals surface area (Å²) in [7, 11) is 0. The Morgan fingerprint density at radius 3 is 2.77 bits per heavy atom. The van der Waals surface area contributed by atoms with Gasteiger partial charge in [0.15, 0.2) is 5.16 Å². The van der Waals surface area contributed by atoms with Crippen molar-refractivity contribution in [3.05, 3.63) is 51.1 Å². The Balaban J connectivity index is 1.75. The molecule has 0 spiro atoms. The third-order valence-corrected chi connectivity index (χ3v) is 6.46. The summed E-state index contributed by atoms with van der Waals surface area (Å²) in [4.78, 5) is 31.9. The lowest BCUT2D eigenvalue weighted by Gasteiger charge is -2.16. The van der Waals surface area contributed by atoms with Gasteiger partial charge in [-0.3, -0.25) is 14.2 Å². The molecule has 0 radical (unpaired) electrons. The van der Waals surface area contributed by atoms with E-state index in [-0.39, 0.29) is 17.2 Å². The predicted octanol–water partition coefficient (Wildman–Crippen LogP) is 3.82. The van der Waals surface area contributed by atoms with Crippen LogP contribution in [0.3, 0.4) is 0 Å². The van der Waals surface area contributed by atoms with Crippen molar-refractivity contribution in [1.82, 2.24) is 14.5 Å². The summed E-state index contributed by atoms with van der Waals surface area (Å²) in [6, 6.07) is 9.00. The molecule has 0 N–H and O–H groups in total. The number of thioether (sulfide) groups is 1. The first-order valence-corrected chi connectivity index (χ1v) is 10.6. The van der Waals surface area contributed by atoms with Crippen LogP contribution in [0.25, 0.3) is 15.9 Å². The number of nitrogens with zero attached hydrogens (tertiary/aromatic N) is 3. The molecule has 2 aromatic heterocycles. The lowest BCUT2D eigenvalue weighted by Crippen LogP contribution is -2.29. The highest BCUT2D eigenvalue weighted by atomic mass is 35.5. The molecule has 0 aliphatic carbocycles. The Labute approximate surface area is 163 Å². The van der Waals surface area contributed by atoms with E-state index in [4.69, 9.17) is 11.6 Å². The second-order valence-corrected chi connectivity index (χ2v) is 8.26. The van der Waals surface area contributed by atoms with Crippen molar-refractivity contribution in [2.45, 2.75) is 18.0 Å². The number of hydrogen-bond acceptors (Lipinski definition) is 5. The van der Waals surface area contributed by atoms with Gasteiger partial charge in [-0.25, -0.2) is 4.98 Å². The van der Waals surface area contributed by atoms with Crippen LogP contribution < -0.4 is 5.56 Å². The molecule has 8 heteroatoms. The number of hydrogen-bond donors (Lipinski definition) is 0. The molecule has 0 saturated carbocycles. The van der Waals surface area contributed by atoms with Crippen LogP contribution in [0.2, 0.25) is 5.02 Å². The van der Waals surface area contributed by atoms with E-state index < -0.39 is 0 Å². The smallest absolute Gasteiger partial charge is 0.276 e. The van der Waals surface area contributed by atoms with Gasteiger partial charge in [-0.15, -0.1) is 11.3 Å². The van der Waals surface area contributed by atoms with Crippen LogP contribution in [0.4, 0.5) is 0 Å². The molecule has 1 aliphatic rings. The fourth-order valence-electron chi connectivity index (χ4n) is 3.02. The Morgan fingerprint density at radius 2 is 2.00 bits per heavy atom. The molecule has 1 saturated heterocycles. The average Bonchev–Trinajstić information content (AvgIpc) is 3.32. The minimum Gasteiger partial charge on any atom is -0.342 e. The van der Waals surface area contributed by atoms with Crippen LogP contribution in [0.5, 0.6) is 0 Å². The molecule has 1 fully saturated rings. The highest BCUT2D eigenvalue weighted by Gasteiger charge is 2.21. The van der Waals surface area contributed by atoms with E-state index in [0.717, 1.165) is 25.9 Å². The first-order valence-electron chi connectivity index (χ1n) is 8.31. The Kier molecular flexibility index (Phi) is 5.02. The Bertz CT molecular complexity index is 1020. The van der Waals surface area contributed by atoms with Gasteiger partial charge in [-0.2, -0.15) is 0 Å². The summed E-state index contributed by atoms with van der Waals surface area (Å²) in [5.74, 6) is 0.338. The number of rotatable bonds is 4. The van der Waals surface area contributed by atoms with Crippen LogP contribution in [0, 0.1) is 0 Å². The molecule has 1 amide bonds. The number of fused-ring (bicyclic) bond motifs is 1. The van der Waals surface area contributed by atoms with Gasteiger partial charge in [0.05, 0.1) is 22.0 Å². The number of benzene rings is 1. The summed E-state index contributed by atoms with van der Waals surface area (Å²) < 4.78 is 2.10. The highest BCUT2D eigenvalue weighted by molar-refractivity contribution is 7.99. The van der Waals surface area contributed by atoms with E-state index >= 15 is 0 Å². The summed E-state index contributed by atoms with van der Waals surface area (Å²) in [6.45, 7) is 1.63. The SMILES string of the molecule is O=C(CSc1nc2ccsc2c(=O)n1-c1ccccc1Cl)N1CCCC1. The van der Waals surface area contributed by atoms with Gasteiger partial charge < -0.3 is 4.90 Å². The maximum absolute atomic E-state index is 13.0. The van der Waals surface area contributed by atoms with Gasteiger partial charge in [-0.05, 0) is 36.4 Å². The molecule has 0 bridgehead atoms. The predicted molar refractivity (Wildman–Crippen MR) is 107 cm³/mol. The highest BCUT2D eigenvalue weighted by Crippen LogP contribution is 2.27. The van der Waals surface area contributed by atoms with Gasteiger partial charge in [0, 0.05) is 13.1 Å². The van der Waals surface area contributed by atoms with E-state index in [1.54, 1.807) is 12.1 Å². The third-order valence-electron chi connectivity index (χ3n) is 4.33. The van der Waals surface area contributed by atoms with E-state index in [9.17, 15) is 9.59 Å². The van der Waals surface area contributed by atoms with Gasteiger partial charge in [-0.1, -0.05) is 35.5 Å². The quantitative estimate of drug-likeness (QED) is 0.489. The molecule has 0 atom stereocenters. The number of carbonyl (C=O) groups is 1. The summed E-state index contributed by atoms with van der Waals surface area (Å²) >= 11 is 8.97. The largest absolute Gasteiger partial charge is 0.342 e. The normalized spacial score (nSPS) is 14.3. The van der Waals surface area contributed by atoms with Crippen molar-refractivity contribution in [3.63, 3.8) is 0 Å². The van der Waals surface area contributed by atoms with Crippen molar-refractivity contribution in [3.8, 4) is 5.69 Å². The monoisotopic (exact) mass is 405 g/mol. The number of likely N-dealkylation sites (tertiary alicyclic amines) is 1. The molecule has 134 valence electrons. The second kappa shape index (κ2) is 7.42. The van der Waals surface area contributed by atoms with E-state index in [1.165, 1.54) is 27.7 Å². The lowest BCUT2D eigenvalue weighted by atomic mass is 10.3. The summed E-state index contributed by atoms with van der Waals surface area (Å²) in [5, 5.41) is 2.81. The van der Waals surface area contributed by atoms with Crippen LogP contribution in [-0.4, -0.2) is 39.2 Å². The molecule has 3 aromatic rings. The average molecular weight is 406 g/mol. The molecule has 1 aliphatic heterocycles. The number of carbonyl (C=O) groups excluding carboxylic acids is 1. The van der Waals surface area contributed by atoms with Crippen LogP contribution >= 0.6 is 34.7 Å². The van der Waals surface area contributed by atoms with Gasteiger partial charge in [0.25, 0.3) is 5.56 Å². The zero-order valence-corrected chi connectivity index (χ0v) is 16.2. The minimum absolute atomic E-state index is 0.0814. The van der Waals surface area contributed by atoms with Gasteiger partial charge in [0.1, 0.15) is 4.70 Å². The summed E-state index contributed by atoms with van der Waals surface area (Å²) in [5.41, 5.74) is 1.08. The topological polar surface area (TPSA) is 55.2 Å². The van der Waals surface area contributed by atoms with Crippen LogP contribution in [-0.2, 0) is 4.79 Å². The zero-order valence-electron chi connectivity index (χ0n) is 13.9. The fraction of sp³-hybridized carbons (Fsp3) is 0.278. The van der Waals surface area contributed by atoms with Crippen molar-refractivity contribution in [2.24, 2.45) is 0 Å². The molecular formula is C18H16ClN3O2S2. The van der Waals surface area contributed by atoms with E-state index in [0.29, 0.717) is 26.1 Å². The minimum atomic E-state index is -0.158. The number of amides is 1. The van der Waals surface area contributed by atoms with Crippen molar-refractivity contribution in [2.75, 3.05) is 18.8 Å². The third kappa shape index (κ3) is 3.26. The number of halogens is 1. The van der Waals surface area contributed by atoms with Crippen LogP contribution in [0.1, 0.15) is 12.8 Å². The Hall–Kier alpha value is -1.83. The molecule has 3 heterocycles. The van der Waals surface area contributed by atoms with Crippen molar-refractivity contribution >= 4 is 50.8 Å². The van der Waals surface area contributed by atoms with E-state index in [1.807, 2.05) is 28.5 Å². The molecule has 5 nitrogen and oxygen atoms in total. The van der Waals surface area contributed by atoms with E-state index in [2.05, 4.69) is 4.98 Å². The first kappa shape index (κ1) is 17.6. The number of thiophene rings is 1. The van der Waals surface area contributed by atoms with Crippen molar-refractivity contribution < 1.29 is 4.79 Å². The molecule has 1 aromatic carbocycles. The lowest BCUT2D eigenvalue weighted by molar-refractivity contribution is -0.127. The van der Waals surface area contributed by atoms with Crippen molar-refractivity contribution in [1.29, 1.82) is 0 Å². The molecule has 4 rings (SSSR count). The standard InChI is InChI=1S/C18H16ClN3O2S2/c19-12-5-1-2-6-14(12)22-17(24)16-13(7-10-25-16)20-18(22)26-11-15(23)21-8-3-4-9-21/h1-2,5-7,10H,3-4,8-9,11H2. The Morgan fingerprint density at radius 1 is 1.23 bits per heavy atom. The second-order valence-electron chi connectivity index (χ2n) is 6.00. The summed E-state index contributed by atoms with van der Waals surface area (Å²) in [6.07, 6.45) is 2.11. The fourth-order valence-corrected chi connectivity index (χ4v) is 4.91. The van der Waals surface area contributed by atoms with Gasteiger partial charge >= 0.3 is 0 Å². The van der Waals surface area contributed by atoms with Gasteiger partial charge in [0.2, 0.25) is 5.91 Å². The van der Waals surface area contributed by atoms with Crippen LogP contribution in [0.15, 0.2) is 45.7 Å².